The summed E-state index contributed by atoms with van der Waals surface area (Å²) in [6, 6.07) is 9.60. The van der Waals surface area contributed by atoms with Crippen LogP contribution in [0.1, 0.15) is 5.56 Å². The number of nitrogens with one attached hydrogen (secondary N) is 1. The first-order chi connectivity index (χ1) is 7.72. The number of hydrogen-bond acceptors (Lipinski definition) is 2. The first kappa shape index (κ1) is 10.9. The third-order valence-corrected chi connectivity index (χ3v) is 2.96. The molecule has 3 heteroatoms. The quantitative estimate of drug-likeness (QED) is 0.739. The molecule has 0 aromatic heterocycles. The number of aliphatic hydroxyl groups is 1. The Labute approximate surface area is 94.8 Å². The maximum Gasteiger partial charge on any atom is 0.229 e. The molecule has 1 saturated heterocycles. The van der Waals surface area contributed by atoms with Gasteiger partial charge in [-0.1, -0.05) is 36.4 Å². The van der Waals surface area contributed by atoms with Crippen LogP contribution in [0.2, 0.25) is 0 Å². The van der Waals surface area contributed by atoms with Crippen LogP contribution in [0.5, 0.6) is 0 Å². The first-order valence-electron chi connectivity index (χ1n) is 5.37. The first-order valence-corrected chi connectivity index (χ1v) is 5.37. The zero-order valence-electron chi connectivity index (χ0n) is 8.97. The van der Waals surface area contributed by atoms with E-state index < -0.39 is 12.0 Å². The maximum absolute atomic E-state index is 11.5. The molecule has 1 aromatic rings. The summed E-state index contributed by atoms with van der Waals surface area (Å²) >= 11 is 0. The Morgan fingerprint density at radius 2 is 2.06 bits per heavy atom. The van der Waals surface area contributed by atoms with Gasteiger partial charge in [0.05, 0.1) is 18.1 Å². The monoisotopic (exact) mass is 217 g/mol. The molecule has 1 amide bonds. The summed E-state index contributed by atoms with van der Waals surface area (Å²) in [5, 5.41) is 12.7. The number of rotatable bonds is 3. The van der Waals surface area contributed by atoms with Crippen LogP contribution < -0.4 is 5.32 Å². The van der Waals surface area contributed by atoms with Gasteiger partial charge in [-0.3, -0.25) is 4.79 Å². The van der Waals surface area contributed by atoms with Crippen LogP contribution in [-0.2, 0) is 11.2 Å². The van der Waals surface area contributed by atoms with E-state index in [0.29, 0.717) is 6.42 Å². The molecule has 0 aliphatic carbocycles. The average molecular weight is 217 g/mol. The summed E-state index contributed by atoms with van der Waals surface area (Å²) in [5.74, 6) is -0.614. The lowest BCUT2D eigenvalue weighted by atomic mass is 9.97. The van der Waals surface area contributed by atoms with E-state index in [-0.39, 0.29) is 11.9 Å². The minimum Gasteiger partial charge on any atom is -0.390 e. The molecule has 16 heavy (non-hydrogen) atoms. The van der Waals surface area contributed by atoms with E-state index in [1.807, 2.05) is 30.3 Å². The van der Waals surface area contributed by atoms with E-state index in [1.165, 1.54) is 6.08 Å². The zero-order valence-corrected chi connectivity index (χ0v) is 8.97. The van der Waals surface area contributed by atoms with Crippen LogP contribution in [0.25, 0.3) is 0 Å². The van der Waals surface area contributed by atoms with Crippen molar-refractivity contribution in [3.05, 3.63) is 48.6 Å². The molecule has 2 rings (SSSR count). The van der Waals surface area contributed by atoms with Crippen LogP contribution in [0.3, 0.4) is 0 Å². The van der Waals surface area contributed by atoms with Gasteiger partial charge in [0, 0.05) is 0 Å². The topological polar surface area (TPSA) is 49.3 Å². The molecule has 84 valence electrons. The summed E-state index contributed by atoms with van der Waals surface area (Å²) < 4.78 is 0. The fourth-order valence-electron chi connectivity index (χ4n) is 2.06. The second-order valence-corrected chi connectivity index (χ2v) is 4.06. The molecule has 0 bridgehead atoms. The number of benzene rings is 1. The smallest absolute Gasteiger partial charge is 0.229 e. The van der Waals surface area contributed by atoms with Gasteiger partial charge in [-0.25, -0.2) is 0 Å². The molecule has 0 spiro atoms. The highest BCUT2D eigenvalue weighted by atomic mass is 16.3. The van der Waals surface area contributed by atoms with E-state index in [1.54, 1.807) is 0 Å². The molecule has 3 atom stereocenters. The molecular weight excluding hydrogens is 202 g/mol. The molecule has 1 heterocycles. The van der Waals surface area contributed by atoms with Gasteiger partial charge in [-0.05, 0) is 12.0 Å². The normalized spacial score (nSPS) is 28.8. The third kappa shape index (κ3) is 1.99. The Hall–Kier alpha value is -1.61. The summed E-state index contributed by atoms with van der Waals surface area (Å²) in [5.41, 5.74) is 1.11. The Morgan fingerprint density at radius 3 is 2.62 bits per heavy atom. The zero-order chi connectivity index (χ0) is 11.5. The van der Waals surface area contributed by atoms with Crippen molar-refractivity contribution in [1.82, 2.24) is 5.32 Å². The SMILES string of the molecule is C=CC1C(=O)NC(Cc2ccccc2)C1O. The minimum atomic E-state index is -0.676. The van der Waals surface area contributed by atoms with E-state index in [9.17, 15) is 9.90 Å². The average Bonchev–Trinajstić information content (AvgIpc) is 2.55. The van der Waals surface area contributed by atoms with Crippen molar-refractivity contribution in [3.63, 3.8) is 0 Å². The van der Waals surface area contributed by atoms with Crippen molar-refractivity contribution < 1.29 is 9.90 Å². The molecule has 0 saturated carbocycles. The number of aliphatic hydroxyl groups excluding tert-OH is 1. The van der Waals surface area contributed by atoms with Gasteiger partial charge in [-0.15, -0.1) is 6.58 Å². The molecule has 3 unspecified atom stereocenters. The Kier molecular flexibility index (Phi) is 3.06. The van der Waals surface area contributed by atoms with Crippen LogP contribution in [0.4, 0.5) is 0 Å². The van der Waals surface area contributed by atoms with E-state index in [2.05, 4.69) is 11.9 Å². The summed E-state index contributed by atoms with van der Waals surface area (Å²) in [6.07, 6.45) is 1.48. The van der Waals surface area contributed by atoms with Gasteiger partial charge >= 0.3 is 0 Å². The van der Waals surface area contributed by atoms with Gasteiger partial charge in [0.25, 0.3) is 0 Å². The summed E-state index contributed by atoms with van der Waals surface area (Å²) in [7, 11) is 0. The fraction of sp³-hybridized carbons (Fsp3) is 0.308. The van der Waals surface area contributed by atoms with Gasteiger partial charge in [-0.2, -0.15) is 0 Å². The van der Waals surface area contributed by atoms with Crippen molar-refractivity contribution in [3.8, 4) is 0 Å². The molecule has 1 fully saturated rings. The molecular formula is C13H15NO2. The predicted molar refractivity (Wildman–Crippen MR) is 61.8 cm³/mol. The van der Waals surface area contributed by atoms with Crippen LogP contribution in [0, 0.1) is 5.92 Å². The van der Waals surface area contributed by atoms with Crippen LogP contribution in [-0.4, -0.2) is 23.2 Å². The van der Waals surface area contributed by atoms with Crippen LogP contribution >= 0.6 is 0 Å². The second kappa shape index (κ2) is 4.49. The van der Waals surface area contributed by atoms with Crippen molar-refractivity contribution in [2.75, 3.05) is 0 Å². The predicted octanol–water partition coefficient (Wildman–Crippen LogP) is 0.891. The highest BCUT2D eigenvalue weighted by molar-refractivity contribution is 5.84. The highest BCUT2D eigenvalue weighted by Crippen LogP contribution is 2.20. The van der Waals surface area contributed by atoms with E-state index >= 15 is 0 Å². The number of carbonyl (C=O) groups is 1. The summed E-state index contributed by atoms with van der Waals surface area (Å²) in [6.45, 7) is 3.56. The minimum absolute atomic E-state index is 0.136. The van der Waals surface area contributed by atoms with Gasteiger partial charge < -0.3 is 10.4 Å². The lowest BCUT2D eigenvalue weighted by Crippen LogP contribution is -2.33. The number of amides is 1. The van der Waals surface area contributed by atoms with E-state index in [4.69, 9.17) is 0 Å². The number of carbonyl (C=O) groups excluding carboxylic acids is 1. The Bertz CT molecular complexity index is 388. The lowest BCUT2D eigenvalue weighted by Gasteiger charge is -2.15. The Morgan fingerprint density at radius 1 is 1.38 bits per heavy atom. The fourth-order valence-corrected chi connectivity index (χ4v) is 2.06. The standard InChI is InChI=1S/C13H15NO2/c1-2-10-12(15)11(14-13(10)16)8-9-6-4-3-5-7-9/h2-7,10-12,15H,1,8H2,(H,14,16). The highest BCUT2D eigenvalue weighted by Gasteiger charge is 2.38. The summed E-state index contributed by atoms with van der Waals surface area (Å²) in [4.78, 5) is 11.5. The second-order valence-electron chi connectivity index (χ2n) is 4.06. The molecule has 1 aliphatic heterocycles. The van der Waals surface area contributed by atoms with Gasteiger partial charge in [0.1, 0.15) is 0 Å². The molecule has 1 aliphatic rings. The van der Waals surface area contributed by atoms with Crippen molar-refractivity contribution in [2.24, 2.45) is 5.92 Å². The lowest BCUT2D eigenvalue weighted by molar-refractivity contribution is -0.122. The van der Waals surface area contributed by atoms with Crippen molar-refractivity contribution in [1.29, 1.82) is 0 Å². The van der Waals surface area contributed by atoms with Crippen LogP contribution in [0.15, 0.2) is 43.0 Å². The number of hydrogen-bond donors (Lipinski definition) is 2. The van der Waals surface area contributed by atoms with E-state index in [0.717, 1.165) is 5.56 Å². The molecule has 3 nitrogen and oxygen atoms in total. The van der Waals surface area contributed by atoms with Crippen molar-refractivity contribution >= 4 is 5.91 Å². The molecule has 2 N–H and O–H groups in total. The maximum atomic E-state index is 11.5. The molecule has 0 radical (unpaired) electrons. The molecule has 1 aromatic carbocycles. The Balaban J connectivity index is 2.07. The third-order valence-electron chi connectivity index (χ3n) is 2.96. The van der Waals surface area contributed by atoms with Crippen molar-refractivity contribution in [2.45, 2.75) is 18.6 Å². The van der Waals surface area contributed by atoms with Gasteiger partial charge in [0.2, 0.25) is 5.91 Å². The largest absolute Gasteiger partial charge is 0.390 e. The van der Waals surface area contributed by atoms with Gasteiger partial charge in [0.15, 0.2) is 0 Å².